The second-order valence-electron chi connectivity index (χ2n) is 4.72. The monoisotopic (exact) mass is 210 g/mol. The van der Waals surface area contributed by atoms with Crippen LogP contribution >= 0.6 is 0 Å². The molecule has 0 spiro atoms. The maximum absolute atomic E-state index is 12.4. The number of hydrogen-bond acceptors (Lipinski definition) is 1. The number of benzene rings is 2. The molecule has 0 saturated carbocycles. The van der Waals surface area contributed by atoms with Crippen molar-refractivity contribution >= 4 is 16.6 Å². The van der Waals surface area contributed by atoms with E-state index in [0.29, 0.717) is 0 Å². The Kier molecular flexibility index (Phi) is 1.76. The van der Waals surface area contributed by atoms with Crippen molar-refractivity contribution in [3.05, 3.63) is 47.5 Å². The molecule has 16 heavy (non-hydrogen) atoms. The van der Waals surface area contributed by atoms with Crippen molar-refractivity contribution in [3.63, 3.8) is 0 Å². The van der Waals surface area contributed by atoms with Gasteiger partial charge in [0, 0.05) is 5.56 Å². The summed E-state index contributed by atoms with van der Waals surface area (Å²) >= 11 is 0. The zero-order valence-corrected chi connectivity index (χ0v) is 9.58. The number of hydrogen-bond donors (Lipinski definition) is 0. The molecule has 0 N–H and O–H groups in total. The maximum atomic E-state index is 12.4. The summed E-state index contributed by atoms with van der Waals surface area (Å²) in [5.41, 5.74) is 1.79. The fourth-order valence-electron chi connectivity index (χ4n) is 2.76. The van der Waals surface area contributed by atoms with Gasteiger partial charge in [0.1, 0.15) is 0 Å². The SMILES string of the molecule is CCC1(C)C(=O)c2cccc3cccc1c23. The van der Waals surface area contributed by atoms with Gasteiger partial charge in [-0.25, -0.2) is 0 Å². The van der Waals surface area contributed by atoms with E-state index in [4.69, 9.17) is 0 Å². The summed E-state index contributed by atoms with van der Waals surface area (Å²) in [4.78, 5) is 12.4. The van der Waals surface area contributed by atoms with E-state index in [0.717, 1.165) is 12.0 Å². The van der Waals surface area contributed by atoms with Crippen molar-refractivity contribution in [2.24, 2.45) is 0 Å². The molecule has 0 aromatic heterocycles. The van der Waals surface area contributed by atoms with Crippen LogP contribution in [-0.2, 0) is 5.41 Å². The predicted molar refractivity (Wildman–Crippen MR) is 65.9 cm³/mol. The van der Waals surface area contributed by atoms with Crippen LogP contribution in [0.25, 0.3) is 10.8 Å². The van der Waals surface area contributed by atoms with Crippen LogP contribution in [0.1, 0.15) is 36.2 Å². The van der Waals surface area contributed by atoms with E-state index in [1.54, 1.807) is 0 Å². The maximum Gasteiger partial charge on any atom is 0.173 e. The van der Waals surface area contributed by atoms with Gasteiger partial charge in [0.2, 0.25) is 0 Å². The highest BCUT2D eigenvalue weighted by atomic mass is 16.1. The van der Waals surface area contributed by atoms with Gasteiger partial charge in [-0.3, -0.25) is 4.79 Å². The Labute approximate surface area is 95.1 Å². The molecule has 3 rings (SSSR count). The van der Waals surface area contributed by atoms with Gasteiger partial charge >= 0.3 is 0 Å². The first-order valence-corrected chi connectivity index (χ1v) is 5.75. The van der Waals surface area contributed by atoms with Crippen LogP contribution in [0.4, 0.5) is 0 Å². The normalized spacial score (nSPS) is 23.0. The highest BCUT2D eigenvalue weighted by Gasteiger charge is 2.41. The average Bonchev–Trinajstić information content (AvgIpc) is 2.55. The van der Waals surface area contributed by atoms with Gasteiger partial charge in [-0.1, -0.05) is 43.3 Å². The quantitative estimate of drug-likeness (QED) is 0.701. The first-order chi connectivity index (χ1) is 7.68. The third-order valence-electron chi connectivity index (χ3n) is 3.95. The molecule has 1 aliphatic carbocycles. The minimum atomic E-state index is -0.316. The van der Waals surface area contributed by atoms with Crippen molar-refractivity contribution in [3.8, 4) is 0 Å². The van der Waals surface area contributed by atoms with E-state index < -0.39 is 0 Å². The molecule has 0 aliphatic heterocycles. The Morgan fingerprint density at radius 1 is 1.12 bits per heavy atom. The van der Waals surface area contributed by atoms with Crippen molar-refractivity contribution < 1.29 is 4.79 Å². The van der Waals surface area contributed by atoms with Crippen LogP contribution in [0.3, 0.4) is 0 Å². The summed E-state index contributed by atoms with van der Waals surface area (Å²) < 4.78 is 0. The molecule has 2 aromatic rings. The molecule has 0 saturated heterocycles. The van der Waals surface area contributed by atoms with Crippen LogP contribution in [-0.4, -0.2) is 5.78 Å². The summed E-state index contributed by atoms with van der Waals surface area (Å²) in [5.74, 6) is 0.279. The Morgan fingerprint density at radius 2 is 1.81 bits per heavy atom. The van der Waals surface area contributed by atoms with Gasteiger partial charge in [-0.05, 0) is 29.7 Å². The van der Waals surface area contributed by atoms with E-state index in [-0.39, 0.29) is 11.2 Å². The van der Waals surface area contributed by atoms with Gasteiger partial charge < -0.3 is 0 Å². The summed E-state index contributed by atoms with van der Waals surface area (Å²) in [5, 5.41) is 2.35. The highest BCUT2D eigenvalue weighted by molar-refractivity contribution is 6.20. The molecular weight excluding hydrogens is 196 g/mol. The van der Waals surface area contributed by atoms with E-state index in [1.807, 2.05) is 18.2 Å². The Balaban J connectivity index is 2.49. The third-order valence-corrected chi connectivity index (χ3v) is 3.95. The molecule has 0 fully saturated rings. The smallest absolute Gasteiger partial charge is 0.173 e. The number of Topliss-reactive ketones (excluding diaryl/α,β-unsaturated/α-hetero) is 1. The lowest BCUT2D eigenvalue weighted by Crippen LogP contribution is -2.27. The van der Waals surface area contributed by atoms with Gasteiger partial charge in [0.25, 0.3) is 0 Å². The lowest BCUT2D eigenvalue weighted by molar-refractivity contribution is 0.0904. The minimum Gasteiger partial charge on any atom is -0.293 e. The first-order valence-electron chi connectivity index (χ1n) is 5.75. The van der Waals surface area contributed by atoms with E-state index in [9.17, 15) is 4.79 Å². The van der Waals surface area contributed by atoms with Crippen molar-refractivity contribution in [1.29, 1.82) is 0 Å². The fourth-order valence-corrected chi connectivity index (χ4v) is 2.76. The third kappa shape index (κ3) is 0.934. The molecule has 1 aliphatic rings. The van der Waals surface area contributed by atoms with Crippen molar-refractivity contribution in [2.45, 2.75) is 25.7 Å². The van der Waals surface area contributed by atoms with Crippen LogP contribution in [0.15, 0.2) is 36.4 Å². The molecular formula is C15H14O. The van der Waals surface area contributed by atoms with E-state index in [1.165, 1.54) is 16.3 Å². The number of ketones is 1. The Hall–Kier alpha value is -1.63. The van der Waals surface area contributed by atoms with Crippen molar-refractivity contribution in [1.82, 2.24) is 0 Å². The summed E-state index contributed by atoms with van der Waals surface area (Å²) in [6.45, 7) is 4.15. The minimum absolute atomic E-state index is 0.279. The summed E-state index contributed by atoms with van der Waals surface area (Å²) in [7, 11) is 0. The van der Waals surface area contributed by atoms with Gasteiger partial charge in [-0.2, -0.15) is 0 Å². The Bertz CT molecular complexity index is 592. The number of carbonyl (C=O) groups excluding carboxylic acids is 1. The van der Waals surface area contributed by atoms with Gasteiger partial charge in [0.05, 0.1) is 5.41 Å². The highest BCUT2D eigenvalue weighted by Crippen LogP contribution is 2.43. The fraction of sp³-hybridized carbons (Fsp3) is 0.267. The topological polar surface area (TPSA) is 17.1 Å². The lowest BCUT2D eigenvalue weighted by atomic mass is 9.80. The number of rotatable bonds is 1. The van der Waals surface area contributed by atoms with Crippen LogP contribution in [0.2, 0.25) is 0 Å². The second kappa shape index (κ2) is 2.94. The van der Waals surface area contributed by atoms with Crippen molar-refractivity contribution in [2.75, 3.05) is 0 Å². The Morgan fingerprint density at radius 3 is 2.50 bits per heavy atom. The van der Waals surface area contributed by atoms with Crippen LogP contribution in [0, 0.1) is 0 Å². The van der Waals surface area contributed by atoms with Gasteiger partial charge in [0.15, 0.2) is 5.78 Å². The molecule has 0 bridgehead atoms. The molecule has 0 radical (unpaired) electrons. The first kappa shape index (κ1) is 9.59. The summed E-state index contributed by atoms with van der Waals surface area (Å²) in [6.07, 6.45) is 0.861. The molecule has 1 heteroatoms. The standard InChI is InChI=1S/C15H14O/c1-3-15(2)12-9-5-7-10-6-4-8-11(13(10)12)14(15)16/h4-9H,3H2,1-2H3. The number of carbonyl (C=O) groups is 1. The molecule has 1 unspecified atom stereocenters. The van der Waals surface area contributed by atoms with Crippen LogP contribution < -0.4 is 0 Å². The summed E-state index contributed by atoms with van der Waals surface area (Å²) in [6, 6.07) is 12.2. The molecule has 1 atom stereocenters. The second-order valence-corrected chi connectivity index (χ2v) is 4.72. The van der Waals surface area contributed by atoms with E-state index in [2.05, 4.69) is 32.0 Å². The molecule has 2 aromatic carbocycles. The van der Waals surface area contributed by atoms with E-state index >= 15 is 0 Å². The largest absolute Gasteiger partial charge is 0.293 e. The average molecular weight is 210 g/mol. The lowest BCUT2D eigenvalue weighted by Gasteiger charge is -2.21. The molecule has 80 valence electrons. The molecule has 0 amide bonds. The predicted octanol–water partition coefficient (Wildman–Crippen LogP) is 3.70. The zero-order chi connectivity index (χ0) is 11.3. The molecule has 1 nitrogen and oxygen atoms in total. The molecule has 0 heterocycles. The zero-order valence-electron chi connectivity index (χ0n) is 9.58. The van der Waals surface area contributed by atoms with Gasteiger partial charge in [-0.15, -0.1) is 0 Å². The van der Waals surface area contributed by atoms with Crippen LogP contribution in [0.5, 0.6) is 0 Å².